The fourth-order valence-electron chi connectivity index (χ4n) is 9.37. The molecule has 0 fully saturated rings. The van der Waals surface area contributed by atoms with Gasteiger partial charge < -0.3 is 14.3 Å². The van der Waals surface area contributed by atoms with Gasteiger partial charge in [0.25, 0.3) is 0 Å². The van der Waals surface area contributed by atoms with Crippen LogP contribution in [0.15, 0.2) is 185 Å². The van der Waals surface area contributed by atoms with Crippen molar-refractivity contribution in [2.24, 2.45) is 4.99 Å². The lowest BCUT2D eigenvalue weighted by Gasteiger charge is -2.23. The van der Waals surface area contributed by atoms with E-state index >= 15 is 0 Å². The Morgan fingerprint density at radius 3 is 1.86 bits per heavy atom. The second-order valence-corrected chi connectivity index (χ2v) is 16.2. The van der Waals surface area contributed by atoms with Crippen molar-refractivity contribution in [3.63, 3.8) is 0 Å². The summed E-state index contributed by atoms with van der Waals surface area (Å²) >= 11 is 1.80. The zero-order chi connectivity index (χ0) is 37.2. The Morgan fingerprint density at radius 1 is 0.526 bits per heavy atom. The average molecular weight is 746 g/mol. The zero-order valence-corrected chi connectivity index (χ0v) is 31.3. The van der Waals surface area contributed by atoms with Gasteiger partial charge in [0.2, 0.25) is 0 Å². The Morgan fingerprint density at radius 2 is 1.14 bits per heavy atom. The van der Waals surface area contributed by atoms with Gasteiger partial charge in [-0.05, 0) is 85.9 Å². The maximum Gasteiger partial charge on any atom is 0.159 e. The number of benzene rings is 9. The normalized spacial score (nSPS) is 14.4. The SMILES string of the molecule is c1ccc(C2=c3sc4ccccc4c3=NC(c3cc(-n4c5ccc6ccccc6c5c5c6ccccc6ccc54)c4oc5cc6ccccc6cc5c4c3)N2)cc1. The number of hydrogen-bond donors (Lipinski definition) is 1. The molecule has 3 aromatic heterocycles. The Bertz CT molecular complexity index is 3700. The van der Waals surface area contributed by atoms with Crippen LogP contribution in [0.25, 0.3) is 97.5 Å². The molecular formula is C52H31N3OS. The third-order valence-electron chi connectivity index (χ3n) is 11.9. The topological polar surface area (TPSA) is 42.5 Å². The van der Waals surface area contributed by atoms with Crippen LogP contribution in [0.1, 0.15) is 17.3 Å². The Labute approximate surface area is 329 Å². The summed E-state index contributed by atoms with van der Waals surface area (Å²) in [6, 6.07) is 63.5. The van der Waals surface area contributed by atoms with E-state index in [1.807, 2.05) is 0 Å². The number of thiophene rings is 1. The van der Waals surface area contributed by atoms with Gasteiger partial charge in [-0.2, -0.15) is 0 Å². The molecule has 0 saturated carbocycles. The molecule has 0 aliphatic carbocycles. The smallest absolute Gasteiger partial charge is 0.159 e. The molecule has 13 rings (SSSR count). The number of rotatable bonds is 3. The third kappa shape index (κ3) is 4.46. The van der Waals surface area contributed by atoms with Crippen LogP contribution in [0.4, 0.5) is 0 Å². The van der Waals surface area contributed by atoms with Gasteiger partial charge in [-0.3, -0.25) is 4.99 Å². The number of nitrogens with zero attached hydrogens (tertiary/aromatic N) is 2. The van der Waals surface area contributed by atoms with Crippen LogP contribution in [0.2, 0.25) is 0 Å². The highest BCUT2D eigenvalue weighted by molar-refractivity contribution is 7.17. The highest BCUT2D eigenvalue weighted by atomic mass is 32.1. The first-order valence-electron chi connectivity index (χ1n) is 19.4. The third-order valence-corrected chi connectivity index (χ3v) is 13.1. The molecule has 4 nitrogen and oxygen atoms in total. The van der Waals surface area contributed by atoms with Gasteiger partial charge in [0.15, 0.2) is 5.58 Å². The van der Waals surface area contributed by atoms with E-state index < -0.39 is 0 Å². The van der Waals surface area contributed by atoms with Crippen LogP contribution in [0, 0.1) is 0 Å². The second kappa shape index (κ2) is 11.7. The number of nitrogens with one attached hydrogen (secondary N) is 1. The van der Waals surface area contributed by atoms with Crippen LogP contribution in [0.3, 0.4) is 0 Å². The highest BCUT2D eigenvalue weighted by Gasteiger charge is 2.26. The van der Waals surface area contributed by atoms with Crippen molar-refractivity contribution in [3.05, 3.63) is 197 Å². The van der Waals surface area contributed by atoms with E-state index in [0.29, 0.717) is 0 Å². The number of furan rings is 1. The maximum atomic E-state index is 7.05. The minimum absolute atomic E-state index is 0.353. The summed E-state index contributed by atoms with van der Waals surface area (Å²) in [5, 5.41) is 18.1. The molecule has 0 radical (unpaired) electrons. The van der Waals surface area contributed by atoms with Crippen molar-refractivity contribution in [1.82, 2.24) is 9.88 Å². The number of fused-ring (bicyclic) bond motifs is 14. The van der Waals surface area contributed by atoms with Crippen LogP contribution in [0.5, 0.6) is 0 Å². The average Bonchev–Trinajstić information content (AvgIpc) is 3.95. The molecule has 1 aliphatic heterocycles. The summed E-state index contributed by atoms with van der Waals surface area (Å²) in [6.45, 7) is 0. The van der Waals surface area contributed by atoms with Crippen molar-refractivity contribution < 1.29 is 4.42 Å². The molecule has 9 aromatic carbocycles. The first-order chi connectivity index (χ1) is 28.2. The number of hydrogen-bond acceptors (Lipinski definition) is 4. The lowest BCUT2D eigenvalue weighted by Crippen LogP contribution is -2.37. The lowest BCUT2D eigenvalue weighted by molar-refractivity contribution is 0.637. The standard InChI is InChI=1S/C52H31N3OS/c1-2-14-32(15-3-1)48-51-49(38-20-10-11-21-45(38)57-51)54-52(53-48)35-27-40-39-26-33-16-4-5-17-34(33)29-44(39)56-50(40)43(28-35)55-41-24-22-30-12-6-8-18-36(30)46(41)47-37-19-9-7-13-31(37)23-25-42(47)55/h1-29,52-53H. The minimum Gasteiger partial charge on any atom is -0.454 e. The van der Waals surface area contributed by atoms with Crippen LogP contribution >= 0.6 is 11.3 Å². The van der Waals surface area contributed by atoms with E-state index in [-0.39, 0.29) is 6.17 Å². The predicted molar refractivity (Wildman–Crippen MR) is 238 cm³/mol. The zero-order valence-electron chi connectivity index (χ0n) is 30.5. The Balaban J connectivity index is 1.17. The predicted octanol–water partition coefficient (Wildman–Crippen LogP) is 12.4. The molecule has 12 aromatic rings. The molecule has 0 bridgehead atoms. The molecule has 266 valence electrons. The van der Waals surface area contributed by atoms with E-state index in [4.69, 9.17) is 9.41 Å². The molecule has 1 atom stereocenters. The molecule has 1 N–H and O–H groups in total. The van der Waals surface area contributed by atoms with Crippen LogP contribution < -0.4 is 15.2 Å². The Hall–Kier alpha value is -7.21. The van der Waals surface area contributed by atoms with Gasteiger partial charge in [-0.25, -0.2) is 0 Å². The van der Waals surface area contributed by atoms with Gasteiger partial charge in [-0.1, -0.05) is 133 Å². The van der Waals surface area contributed by atoms with Crippen LogP contribution in [-0.4, -0.2) is 4.57 Å². The van der Waals surface area contributed by atoms with E-state index in [1.54, 1.807) is 11.3 Å². The van der Waals surface area contributed by atoms with Crippen molar-refractivity contribution in [3.8, 4) is 5.69 Å². The van der Waals surface area contributed by atoms with Gasteiger partial charge >= 0.3 is 0 Å². The van der Waals surface area contributed by atoms with Gasteiger partial charge in [-0.15, -0.1) is 11.3 Å². The minimum atomic E-state index is -0.353. The molecule has 5 heteroatoms. The van der Waals surface area contributed by atoms with E-state index in [1.165, 1.54) is 52.3 Å². The molecule has 0 saturated heterocycles. The van der Waals surface area contributed by atoms with Crippen molar-refractivity contribution in [2.75, 3.05) is 0 Å². The fourth-order valence-corrected chi connectivity index (χ4v) is 10.5. The summed E-state index contributed by atoms with van der Waals surface area (Å²) in [5.41, 5.74) is 8.32. The van der Waals surface area contributed by atoms with E-state index in [0.717, 1.165) is 66.2 Å². The van der Waals surface area contributed by atoms with Crippen molar-refractivity contribution in [2.45, 2.75) is 6.17 Å². The van der Waals surface area contributed by atoms with Gasteiger partial charge in [0, 0.05) is 31.6 Å². The molecule has 4 heterocycles. The molecule has 1 aliphatic rings. The largest absolute Gasteiger partial charge is 0.454 e. The molecular weight excluding hydrogens is 715 g/mol. The Kier molecular flexibility index (Phi) is 6.35. The molecule has 57 heavy (non-hydrogen) atoms. The first kappa shape index (κ1) is 31.0. The highest BCUT2D eigenvalue weighted by Crippen LogP contribution is 2.44. The molecule has 0 amide bonds. The molecule has 0 spiro atoms. The fraction of sp³-hybridized carbons (Fsp3) is 0.0192. The van der Waals surface area contributed by atoms with Crippen molar-refractivity contribution in [1.29, 1.82) is 0 Å². The number of aromatic nitrogens is 1. The van der Waals surface area contributed by atoms with E-state index in [9.17, 15) is 0 Å². The lowest BCUT2D eigenvalue weighted by atomic mass is 10.00. The summed E-state index contributed by atoms with van der Waals surface area (Å²) in [7, 11) is 0. The summed E-state index contributed by atoms with van der Waals surface area (Å²) < 4.78 is 11.9. The van der Waals surface area contributed by atoms with Gasteiger partial charge in [0.1, 0.15) is 11.7 Å². The van der Waals surface area contributed by atoms with Crippen molar-refractivity contribution >= 4 is 103 Å². The molecule has 1 unspecified atom stereocenters. The quantitative estimate of drug-likeness (QED) is 0.196. The maximum absolute atomic E-state index is 7.05. The summed E-state index contributed by atoms with van der Waals surface area (Å²) in [6.07, 6.45) is -0.353. The first-order valence-corrected chi connectivity index (χ1v) is 20.2. The summed E-state index contributed by atoms with van der Waals surface area (Å²) in [4.78, 5) is 5.57. The monoisotopic (exact) mass is 745 g/mol. The van der Waals surface area contributed by atoms with E-state index in [2.05, 4.69) is 186 Å². The summed E-state index contributed by atoms with van der Waals surface area (Å²) in [5.74, 6) is 0. The van der Waals surface area contributed by atoms with Gasteiger partial charge in [0.05, 0.1) is 32.3 Å². The van der Waals surface area contributed by atoms with Crippen LogP contribution in [-0.2, 0) is 0 Å². The second-order valence-electron chi connectivity index (χ2n) is 15.1.